The Morgan fingerprint density at radius 3 is 2.77 bits per heavy atom. The van der Waals surface area contributed by atoms with Crippen LogP contribution in [0.3, 0.4) is 0 Å². The highest BCUT2D eigenvalue weighted by Gasteiger charge is 2.07. The number of hydrogen-bond donors (Lipinski definition) is 2. The SMILES string of the molecule is O=c1[nH]c2ccc(Nc3ncc(-c4ccccc4)o3)cc2o1. The number of aromatic nitrogens is 2. The highest BCUT2D eigenvalue weighted by atomic mass is 16.4. The molecule has 6 nitrogen and oxygen atoms in total. The molecule has 108 valence electrons. The molecular formula is C16H11N3O3. The van der Waals surface area contributed by atoms with Gasteiger partial charge >= 0.3 is 5.76 Å². The predicted octanol–water partition coefficient (Wildman–Crippen LogP) is 3.52. The zero-order chi connectivity index (χ0) is 14.9. The van der Waals surface area contributed by atoms with Gasteiger partial charge in [-0.15, -0.1) is 0 Å². The number of nitrogens with zero attached hydrogens (tertiary/aromatic N) is 1. The second-order valence-electron chi connectivity index (χ2n) is 4.75. The monoisotopic (exact) mass is 293 g/mol. The molecule has 4 rings (SSSR count). The fourth-order valence-electron chi connectivity index (χ4n) is 2.21. The molecule has 0 atom stereocenters. The standard InChI is InChI=1S/C16H11N3O3/c20-16-19-12-7-6-11(8-13(12)22-16)18-15-17-9-14(21-15)10-4-2-1-3-5-10/h1-9H,(H,17,18)(H,19,20). The lowest BCUT2D eigenvalue weighted by Gasteiger charge is -2.01. The molecule has 0 aliphatic carbocycles. The number of oxazole rings is 2. The van der Waals surface area contributed by atoms with Crippen LogP contribution in [0.25, 0.3) is 22.4 Å². The highest BCUT2D eigenvalue weighted by Crippen LogP contribution is 2.25. The maximum absolute atomic E-state index is 11.1. The summed E-state index contributed by atoms with van der Waals surface area (Å²) < 4.78 is 10.7. The van der Waals surface area contributed by atoms with E-state index in [0.717, 1.165) is 11.3 Å². The van der Waals surface area contributed by atoms with Gasteiger partial charge in [-0.05, 0) is 12.1 Å². The minimum absolute atomic E-state index is 0.371. The van der Waals surface area contributed by atoms with Gasteiger partial charge in [0.2, 0.25) is 0 Å². The molecule has 0 aliphatic rings. The number of fused-ring (bicyclic) bond motifs is 1. The van der Waals surface area contributed by atoms with Crippen LogP contribution in [-0.2, 0) is 0 Å². The minimum atomic E-state index is -0.477. The van der Waals surface area contributed by atoms with Crippen molar-refractivity contribution in [1.29, 1.82) is 0 Å². The van der Waals surface area contributed by atoms with Crippen molar-refractivity contribution in [2.75, 3.05) is 5.32 Å². The molecule has 0 radical (unpaired) electrons. The van der Waals surface area contributed by atoms with Crippen LogP contribution in [0.4, 0.5) is 11.7 Å². The van der Waals surface area contributed by atoms with Crippen molar-refractivity contribution in [3.8, 4) is 11.3 Å². The average Bonchev–Trinajstić information content (AvgIpc) is 3.13. The highest BCUT2D eigenvalue weighted by molar-refractivity contribution is 5.77. The lowest BCUT2D eigenvalue weighted by Crippen LogP contribution is -1.92. The van der Waals surface area contributed by atoms with Crippen LogP contribution in [0.5, 0.6) is 0 Å². The lowest BCUT2D eigenvalue weighted by atomic mass is 10.2. The van der Waals surface area contributed by atoms with Crippen LogP contribution in [0.2, 0.25) is 0 Å². The van der Waals surface area contributed by atoms with Crippen LogP contribution < -0.4 is 11.1 Å². The number of nitrogens with one attached hydrogen (secondary N) is 2. The lowest BCUT2D eigenvalue weighted by molar-refractivity contribution is 0.555. The van der Waals surface area contributed by atoms with E-state index in [4.69, 9.17) is 8.83 Å². The summed E-state index contributed by atoms with van der Waals surface area (Å²) in [5.74, 6) is 0.201. The summed E-state index contributed by atoms with van der Waals surface area (Å²) in [6.45, 7) is 0. The predicted molar refractivity (Wildman–Crippen MR) is 82.1 cm³/mol. The van der Waals surface area contributed by atoms with Crippen molar-refractivity contribution in [2.24, 2.45) is 0 Å². The van der Waals surface area contributed by atoms with Gasteiger partial charge in [-0.25, -0.2) is 9.78 Å². The van der Waals surface area contributed by atoms with Crippen LogP contribution in [0.15, 0.2) is 68.4 Å². The average molecular weight is 293 g/mol. The van der Waals surface area contributed by atoms with Crippen LogP contribution >= 0.6 is 0 Å². The van der Waals surface area contributed by atoms with Crippen LogP contribution in [0.1, 0.15) is 0 Å². The van der Waals surface area contributed by atoms with E-state index < -0.39 is 5.76 Å². The van der Waals surface area contributed by atoms with Gasteiger partial charge in [-0.3, -0.25) is 4.98 Å². The summed E-state index contributed by atoms with van der Waals surface area (Å²) in [6, 6.07) is 15.4. The summed E-state index contributed by atoms with van der Waals surface area (Å²) >= 11 is 0. The molecule has 6 heteroatoms. The molecule has 0 aliphatic heterocycles. The van der Waals surface area contributed by atoms with Crippen molar-refractivity contribution >= 4 is 22.8 Å². The van der Waals surface area contributed by atoms with Gasteiger partial charge in [0.25, 0.3) is 6.01 Å². The molecule has 2 heterocycles. The van der Waals surface area contributed by atoms with Gasteiger partial charge in [0.15, 0.2) is 11.3 Å². The summed E-state index contributed by atoms with van der Waals surface area (Å²) in [5, 5.41) is 3.04. The number of benzene rings is 2. The fourth-order valence-corrected chi connectivity index (χ4v) is 2.21. The van der Waals surface area contributed by atoms with Crippen LogP contribution in [-0.4, -0.2) is 9.97 Å². The molecule has 2 aromatic heterocycles. The number of aromatic amines is 1. The van der Waals surface area contributed by atoms with E-state index in [1.54, 1.807) is 24.4 Å². The number of rotatable bonds is 3. The number of H-pyrrole nitrogens is 1. The molecule has 2 N–H and O–H groups in total. The van der Waals surface area contributed by atoms with E-state index in [0.29, 0.717) is 22.9 Å². The van der Waals surface area contributed by atoms with Gasteiger partial charge in [0.1, 0.15) is 0 Å². The Morgan fingerprint density at radius 2 is 1.91 bits per heavy atom. The maximum atomic E-state index is 11.1. The van der Waals surface area contributed by atoms with E-state index in [1.165, 1.54) is 0 Å². The molecule has 2 aromatic carbocycles. The Bertz CT molecular complexity index is 982. The van der Waals surface area contributed by atoms with Crippen molar-refractivity contribution in [3.05, 3.63) is 65.3 Å². The first kappa shape index (κ1) is 12.5. The summed E-state index contributed by atoms with van der Waals surface area (Å²) in [6.07, 6.45) is 1.66. The first-order valence-electron chi connectivity index (χ1n) is 6.69. The van der Waals surface area contributed by atoms with Gasteiger partial charge in [0, 0.05) is 17.3 Å². The molecule has 0 amide bonds. The van der Waals surface area contributed by atoms with E-state index >= 15 is 0 Å². The molecule has 0 unspecified atom stereocenters. The van der Waals surface area contributed by atoms with E-state index in [9.17, 15) is 4.79 Å². The topological polar surface area (TPSA) is 84.1 Å². The number of hydrogen-bond acceptors (Lipinski definition) is 5. The van der Waals surface area contributed by atoms with Gasteiger partial charge in [-0.2, -0.15) is 0 Å². The third kappa shape index (κ3) is 2.26. The molecule has 0 fully saturated rings. The maximum Gasteiger partial charge on any atom is 0.417 e. The molecule has 22 heavy (non-hydrogen) atoms. The van der Waals surface area contributed by atoms with Crippen molar-refractivity contribution in [3.63, 3.8) is 0 Å². The minimum Gasteiger partial charge on any atom is -0.423 e. The number of anilines is 2. The van der Waals surface area contributed by atoms with Gasteiger partial charge in [-0.1, -0.05) is 30.3 Å². The van der Waals surface area contributed by atoms with Crippen molar-refractivity contribution in [1.82, 2.24) is 9.97 Å². The van der Waals surface area contributed by atoms with Crippen molar-refractivity contribution < 1.29 is 8.83 Å². The van der Waals surface area contributed by atoms with E-state index in [-0.39, 0.29) is 0 Å². The molecule has 4 aromatic rings. The van der Waals surface area contributed by atoms with E-state index in [1.807, 2.05) is 30.3 Å². The van der Waals surface area contributed by atoms with Crippen LogP contribution in [0, 0.1) is 0 Å². The zero-order valence-corrected chi connectivity index (χ0v) is 11.4. The fraction of sp³-hybridized carbons (Fsp3) is 0. The third-order valence-electron chi connectivity index (χ3n) is 3.24. The largest absolute Gasteiger partial charge is 0.423 e. The Morgan fingerprint density at radius 1 is 1.05 bits per heavy atom. The Hall–Kier alpha value is -3.28. The van der Waals surface area contributed by atoms with E-state index in [2.05, 4.69) is 15.3 Å². The quantitative estimate of drug-likeness (QED) is 0.603. The van der Waals surface area contributed by atoms with Crippen molar-refractivity contribution in [2.45, 2.75) is 0 Å². The second kappa shape index (κ2) is 4.92. The Balaban J connectivity index is 1.62. The Labute approximate surface area is 124 Å². The summed E-state index contributed by atoms with van der Waals surface area (Å²) in [5.41, 5.74) is 2.80. The summed E-state index contributed by atoms with van der Waals surface area (Å²) in [4.78, 5) is 17.9. The Kier molecular flexibility index (Phi) is 2.79. The third-order valence-corrected chi connectivity index (χ3v) is 3.24. The first-order valence-corrected chi connectivity index (χ1v) is 6.69. The van der Waals surface area contributed by atoms with Gasteiger partial charge < -0.3 is 14.2 Å². The molecular weight excluding hydrogens is 282 g/mol. The smallest absolute Gasteiger partial charge is 0.417 e. The molecule has 0 spiro atoms. The second-order valence-corrected chi connectivity index (χ2v) is 4.75. The zero-order valence-electron chi connectivity index (χ0n) is 11.4. The van der Waals surface area contributed by atoms with Gasteiger partial charge in [0.05, 0.1) is 11.7 Å². The first-order chi connectivity index (χ1) is 10.8. The summed E-state index contributed by atoms with van der Waals surface area (Å²) in [7, 11) is 0. The normalized spacial score (nSPS) is 10.9. The molecule has 0 saturated carbocycles. The molecule has 0 saturated heterocycles. The molecule has 0 bridgehead atoms.